The lowest BCUT2D eigenvalue weighted by Crippen LogP contribution is -2.45. The van der Waals surface area contributed by atoms with Crippen LogP contribution >= 0.6 is 0 Å². The van der Waals surface area contributed by atoms with Gasteiger partial charge in [-0.2, -0.15) is 8.78 Å². The van der Waals surface area contributed by atoms with Gasteiger partial charge in [0.15, 0.2) is 6.10 Å². The minimum atomic E-state index is -3.96. The van der Waals surface area contributed by atoms with Gasteiger partial charge in [-0.25, -0.2) is 19.1 Å². The average molecular weight is 497 g/mol. The first-order valence-corrected chi connectivity index (χ1v) is 10.7. The summed E-state index contributed by atoms with van der Waals surface area (Å²) in [6.45, 7) is -0.948. The molecule has 3 rings (SSSR count). The number of rotatable bonds is 10. The van der Waals surface area contributed by atoms with Gasteiger partial charge in [-0.1, -0.05) is 30.3 Å². The topological polar surface area (TPSA) is 138 Å². The Balaban J connectivity index is 1.77. The largest absolute Gasteiger partial charge is 0.453 e. The summed E-state index contributed by atoms with van der Waals surface area (Å²) >= 11 is 0. The summed E-state index contributed by atoms with van der Waals surface area (Å²) in [7, 11) is 1.39. The molecule has 2 heterocycles. The van der Waals surface area contributed by atoms with Crippen molar-refractivity contribution in [2.24, 2.45) is 0 Å². The molecule has 0 spiro atoms. The normalized spacial score (nSPS) is 20.9. The number of aryl methyl sites for hydroxylation is 1. The first kappa shape index (κ1) is 26.2. The number of nitrogens with zero attached hydrogens (tertiary/aromatic N) is 2. The number of benzene rings is 1. The minimum absolute atomic E-state index is 0.0931. The summed E-state index contributed by atoms with van der Waals surface area (Å²) in [4.78, 5) is 40.1. The molecule has 0 radical (unpaired) electrons. The number of hydrogen-bond donors (Lipinski definition) is 2. The van der Waals surface area contributed by atoms with E-state index in [1.807, 2.05) is 0 Å². The van der Waals surface area contributed by atoms with E-state index < -0.39 is 54.5 Å². The van der Waals surface area contributed by atoms with E-state index in [2.05, 4.69) is 10.3 Å². The molecule has 0 bridgehead atoms. The van der Waals surface area contributed by atoms with Gasteiger partial charge in [-0.3, -0.25) is 10.1 Å². The third-order valence-corrected chi connectivity index (χ3v) is 5.12. The van der Waals surface area contributed by atoms with Crippen molar-refractivity contribution in [3.8, 4) is 0 Å². The predicted molar refractivity (Wildman–Crippen MR) is 116 cm³/mol. The highest BCUT2D eigenvalue weighted by atomic mass is 19.3. The summed E-state index contributed by atoms with van der Waals surface area (Å²) in [5.74, 6) is -5.29. The fraction of sp³-hybridized carbons (Fsp3) is 0.455. The Morgan fingerprint density at radius 2 is 1.97 bits per heavy atom. The molecule has 1 aromatic carbocycles. The quantitative estimate of drug-likeness (QED) is 0.369. The van der Waals surface area contributed by atoms with Crippen molar-refractivity contribution in [2.75, 3.05) is 32.2 Å². The van der Waals surface area contributed by atoms with E-state index in [0.29, 0.717) is 4.57 Å². The molecule has 0 aliphatic carbocycles. The third-order valence-electron chi connectivity index (χ3n) is 5.12. The summed E-state index contributed by atoms with van der Waals surface area (Å²) in [5.41, 5.74) is -0.359. The molecule has 1 amide bonds. The maximum Gasteiger partial charge on any atom is 0.412 e. The van der Waals surface area contributed by atoms with Crippen LogP contribution in [0.3, 0.4) is 0 Å². The number of ether oxygens (including phenoxy) is 4. The van der Waals surface area contributed by atoms with Crippen LogP contribution < -0.4 is 11.0 Å². The van der Waals surface area contributed by atoms with Crippen molar-refractivity contribution in [1.82, 2.24) is 9.55 Å². The molecular weight excluding hydrogens is 472 g/mol. The zero-order valence-electron chi connectivity index (χ0n) is 18.8. The smallest absolute Gasteiger partial charge is 0.412 e. The molecule has 0 saturated carbocycles. The van der Waals surface area contributed by atoms with Crippen LogP contribution in [0.1, 0.15) is 18.2 Å². The van der Waals surface area contributed by atoms with E-state index in [9.17, 15) is 19.5 Å². The zero-order chi connectivity index (χ0) is 25.4. The molecule has 13 heteroatoms. The molecule has 1 aromatic heterocycles. The van der Waals surface area contributed by atoms with Crippen LogP contribution in [0.4, 0.5) is 19.4 Å². The van der Waals surface area contributed by atoms with E-state index in [-0.39, 0.29) is 26.1 Å². The maximum absolute atomic E-state index is 15.4. The second-order valence-corrected chi connectivity index (χ2v) is 7.52. The van der Waals surface area contributed by atoms with E-state index in [0.717, 1.165) is 17.8 Å². The van der Waals surface area contributed by atoms with Gasteiger partial charge in [0.2, 0.25) is 6.23 Å². The van der Waals surface area contributed by atoms with Crippen LogP contribution in [-0.2, 0) is 30.2 Å². The molecule has 11 nitrogen and oxygen atoms in total. The summed E-state index contributed by atoms with van der Waals surface area (Å²) in [5, 5.41) is 11.8. The van der Waals surface area contributed by atoms with Crippen LogP contribution in [0.5, 0.6) is 0 Å². The molecule has 0 unspecified atom stereocenters. The average Bonchev–Trinajstić information content (AvgIpc) is 3.08. The van der Waals surface area contributed by atoms with E-state index in [4.69, 9.17) is 18.9 Å². The van der Waals surface area contributed by atoms with Gasteiger partial charge in [0.25, 0.3) is 0 Å². The first-order chi connectivity index (χ1) is 16.8. The van der Waals surface area contributed by atoms with Gasteiger partial charge >= 0.3 is 23.7 Å². The highest BCUT2D eigenvalue weighted by molar-refractivity contribution is 5.83. The molecular formula is C22H25F2N3O8. The Morgan fingerprint density at radius 1 is 1.23 bits per heavy atom. The lowest BCUT2D eigenvalue weighted by atomic mass is 10.1. The molecule has 1 fully saturated rings. The highest BCUT2D eigenvalue weighted by Crippen LogP contribution is 2.44. The van der Waals surface area contributed by atoms with Crippen LogP contribution in [0, 0.1) is 0 Å². The van der Waals surface area contributed by atoms with Gasteiger partial charge in [0.05, 0.1) is 13.2 Å². The Morgan fingerprint density at radius 3 is 2.66 bits per heavy atom. The number of nitrogens with one attached hydrogen (secondary N) is 1. The maximum atomic E-state index is 15.4. The van der Waals surface area contributed by atoms with Crippen molar-refractivity contribution in [1.29, 1.82) is 0 Å². The molecule has 1 aliphatic heterocycles. The van der Waals surface area contributed by atoms with Gasteiger partial charge in [-0.15, -0.1) is 0 Å². The van der Waals surface area contributed by atoms with Gasteiger partial charge in [-0.05, 0) is 18.1 Å². The lowest BCUT2D eigenvalue weighted by molar-refractivity contribution is -0.176. The number of esters is 1. The van der Waals surface area contributed by atoms with Crippen LogP contribution in [-0.4, -0.2) is 71.8 Å². The van der Waals surface area contributed by atoms with E-state index in [1.54, 1.807) is 30.3 Å². The number of aromatic nitrogens is 2. The molecule has 190 valence electrons. The summed E-state index contributed by atoms with van der Waals surface area (Å²) in [6.07, 6.45) is -6.12. The fourth-order valence-corrected chi connectivity index (χ4v) is 3.44. The SMILES string of the molecule is COCCOC(=O)Nc1ccnc(=O)n1[C@@H]1O[C@H](CO)[C@@H](OC(=O)CCc2ccccc2)C1(F)F. The summed E-state index contributed by atoms with van der Waals surface area (Å²) < 4.78 is 51.0. The van der Waals surface area contributed by atoms with Gasteiger partial charge in [0.1, 0.15) is 18.5 Å². The van der Waals surface area contributed by atoms with Crippen molar-refractivity contribution >= 4 is 17.9 Å². The molecule has 1 saturated heterocycles. The fourth-order valence-electron chi connectivity index (χ4n) is 3.44. The number of carbonyl (C=O) groups excluding carboxylic acids is 2. The Hall–Kier alpha value is -3.42. The Bertz CT molecular complexity index is 1070. The number of methoxy groups -OCH3 is 1. The Kier molecular flexibility index (Phi) is 8.84. The van der Waals surface area contributed by atoms with Crippen LogP contribution in [0.2, 0.25) is 0 Å². The van der Waals surface area contributed by atoms with E-state index in [1.165, 1.54) is 7.11 Å². The summed E-state index contributed by atoms with van der Waals surface area (Å²) in [6, 6.07) is 9.99. The van der Waals surface area contributed by atoms with Crippen LogP contribution in [0.15, 0.2) is 47.4 Å². The third kappa shape index (κ3) is 6.38. The molecule has 2 aromatic rings. The Labute approximate surface area is 198 Å². The van der Waals surface area contributed by atoms with Crippen molar-refractivity contribution in [3.63, 3.8) is 0 Å². The van der Waals surface area contributed by atoms with Crippen molar-refractivity contribution < 1.29 is 42.4 Å². The monoisotopic (exact) mass is 497 g/mol. The number of hydrogen-bond acceptors (Lipinski definition) is 9. The minimum Gasteiger partial charge on any atom is -0.453 e. The molecule has 3 atom stereocenters. The molecule has 35 heavy (non-hydrogen) atoms. The first-order valence-electron chi connectivity index (χ1n) is 10.7. The number of carbonyl (C=O) groups is 2. The number of aliphatic hydroxyl groups excluding tert-OH is 1. The number of anilines is 1. The van der Waals surface area contributed by atoms with Gasteiger partial charge < -0.3 is 24.1 Å². The predicted octanol–water partition coefficient (Wildman–Crippen LogP) is 1.51. The van der Waals surface area contributed by atoms with Gasteiger partial charge in [0, 0.05) is 19.7 Å². The number of halogens is 2. The molecule has 1 aliphatic rings. The number of amides is 1. The van der Waals surface area contributed by atoms with Crippen molar-refractivity contribution in [3.05, 3.63) is 58.6 Å². The van der Waals surface area contributed by atoms with Crippen molar-refractivity contribution in [2.45, 2.75) is 37.2 Å². The second-order valence-electron chi connectivity index (χ2n) is 7.52. The molecule has 2 N–H and O–H groups in total. The zero-order valence-corrected chi connectivity index (χ0v) is 18.8. The lowest BCUT2D eigenvalue weighted by Gasteiger charge is -2.25. The second kappa shape index (κ2) is 11.8. The van der Waals surface area contributed by atoms with E-state index >= 15 is 8.78 Å². The number of aliphatic hydroxyl groups is 1. The highest BCUT2D eigenvalue weighted by Gasteiger charge is 2.62. The standard InChI is InChI=1S/C22H25F2N3O8/c1-32-11-12-33-21(31)26-16-9-10-25-20(30)27(16)19-22(23,24)18(15(13-28)34-19)35-17(29)8-7-14-5-3-2-4-6-14/h2-6,9-10,15,18-19,28H,7-8,11-13H2,1H3,(H,26,31)/t15-,18-,19-/m1/s1. The van der Waals surface area contributed by atoms with Crippen LogP contribution in [0.25, 0.3) is 0 Å². The number of alkyl halides is 2.